The third kappa shape index (κ3) is 9.43. The molecule has 0 spiro atoms. The largest absolute Gasteiger partial charge is 0.368 e. The average molecular weight is 802 g/mol. The summed E-state index contributed by atoms with van der Waals surface area (Å²) in [4.78, 5) is 15.5. The van der Waals surface area contributed by atoms with Crippen LogP contribution in [0.5, 0.6) is 0 Å². The van der Waals surface area contributed by atoms with Gasteiger partial charge in [0.1, 0.15) is 0 Å². The highest BCUT2D eigenvalue weighted by Crippen LogP contribution is 2.37. The van der Waals surface area contributed by atoms with Crippen molar-refractivity contribution in [2.45, 2.75) is 79.7 Å². The fourth-order valence-corrected chi connectivity index (χ4v) is 7.94. The predicted octanol–water partition coefficient (Wildman–Crippen LogP) is 8.28. The lowest BCUT2D eigenvalue weighted by Crippen LogP contribution is -2.07. The van der Waals surface area contributed by atoms with Crippen LogP contribution in [0.3, 0.4) is 0 Å². The first kappa shape index (κ1) is 42.2. The summed E-state index contributed by atoms with van der Waals surface area (Å²) in [5.74, 6) is 1.67. The zero-order chi connectivity index (χ0) is 42.8. The molecule has 0 amide bonds. The van der Waals surface area contributed by atoms with Crippen LogP contribution in [0.1, 0.15) is 50.1 Å². The molecule has 1 heterocycles. The number of benzene rings is 6. The molecule has 0 aliphatic rings. The topological polar surface area (TPSA) is 160 Å². The van der Waals surface area contributed by atoms with Gasteiger partial charge < -0.3 is 30.6 Å². The van der Waals surface area contributed by atoms with Crippen molar-refractivity contribution in [2.75, 3.05) is 0 Å². The van der Waals surface area contributed by atoms with E-state index >= 15 is 0 Å². The zero-order valence-corrected chi connectivity index (χ0v) is 34.8. The maximum atomic E-state index is 9.45. The fourth-order valence-electron chi connectivity index (χ4n) is 7.94. The standard InChI is InChI=1S/C51H51N3O6/c1-28-22-43(31(4)19-40(28)37-13-7-34(8-14-37)25-46(55)56)49-52-50(44-23-29(2)41(20-32(44)5)38-15-9-35(10-16-38)26-47(57)58)54-51(53-49)45-24-30(3)42(21-33(45)6)39-17-11-36(12-18-39)27-48(59)60/h7-24,46-48,55-60H,25-27H2,1-6H3. The van der Waals surface area contributed by atoms with Crippen LogP contribution in [0, 0.1) is 41.5 Å². The van der Waals surface area contributed by atoms with Gasteiger partial charge in [-0.2, -0.15) is 0 Å². The molecule has 0 bridgehead atoms. The number of aliphatic hydroxyl groups is 6. The summed E-state index contributed by atoms with van der Waals surface area (Å²) >= 11 is 0. The van der Waals surface area contributed by atoms with Crippen LogP contribution in [0.15, 0.2) is 109 Å². The molecular formula is C51H51N3O6. The highest BCUT2D eigenvalue weighted by atomic mass is 16.5. The number of aryl methyl sites for hydroxylation is 6. The zero-order valence-electron chi connectivity index (χ0n) is 34.8. The summed E-state index contributed by atoms with van der Waals surface area (Å²) in [6, 6.07) is 36.4. The normalized spacial score (nSPS) is 11.7. The van der Waals surface area contributed by atoms with Crippen molar-refractivity contribution in [3.05, 3.63) is 159 Å². The second-order valence-corrected chi connectivity index (χ2v) is 15.9. The van der Waals surface area contributed by atoms with Crippen molar-refractivity contribution < 1.29 is 30.6 Å². The SMILES string of the molecule is Cc1cc(-c2nc(-c3cc(C)c(-c4ccc(CC(O)O)cc4)cc3C)nc(-c3cc(C)c(-c4ccc(CC(O)O)cc4)cc3C)n2)c(C)cc1-c1ccc(CC(O)O)cc1. The maximum absolute atomic E-state index is 9.45. The van der Waals surface area contributed by atoms with Crippen LogP contribution in [0.4, 0.5) is 0 Å². The van der Waals surface area contributed by atoms with Gasteiger partial charge in [0.05, 0.1) is 0 Å². The summed E-state index contributed by atoms with van der Waals surface area (Å²) in [5.41, 5.74) is 17.6. The van der Waals surface area contributed by atoms with E-state index in [9.17, 15) is 30.6 Å². The number of hydrogen-bond donors (Lipinski definition) is 6. The van der Waals surface area contributed by atoms with Gasteiger partial charge in [0.25, 0.3) is 0 Å². The van der Waals surface area contributed by atoms with Crippen LogP contribution >= 0.6 is 0 Å². The van der Waals surface area contributed by atoms with E-state index in [-0.39, 0.29) is 19.3 Å². The lowest BCUT2D eigenvalue weighted by Gasteiger charge is -2.17. The van der Waals surface area contributed by atoms with Gasteiger partial charge in [0, 0.05) is 36.0 Å². The Hall–Kier alpha value is -5.91. The van der Waals surface area contributed by atoms with Gasteiger partial charge in [-0.3, -0.25) is 0 Å². The van der Waals surface area contributed by atoms with Gasteiger partial charge in [-0.1, -0.05) is 91.0 Å². The molecule has 6 aromatic carbocycles. The van der Waals surface area contributed by atoms with E-state index in [0.29, 0.717) is 17.5 Å². The third-order valence-electron chi connectivity index (χ3n) is 11.1. The molecule has 0 fully saturated rings. The lowest BCUT2D eigenvalue weighted by atomic mass is 9.92. The molecule has 0 atom stereocenters. The smallest absolute Gasteiger partial charge is 0.164 e. The number of nitrogens with zero attached hydrogens (tertiary/aromatic N) is 3. The van der Waals surface area contributed by atoms with Crippen molar-refractivity contribution in [3.63, 3.8) is 0 Å². The van der Waals surface area contributed by atoms with Crippen molar-refractivity contribution in [3.8, 4) is 67.5 Å². The molecule has 0 saturated heterocycles. The predicted molar refractivity (Wildman–Crippen MR) is 237 cm³/mol. The minimum Gasteiger partial charge on any atom is -0.368 e. The molecule has 1 aromatic heterocycles. The molecule has 0 aliphatic heterocycles. The molecule has 0 unspecified atom stereocenters. The maximum Gasteiger partial charge on any atom is 0.164 e. The quantitative estimate of drug-likeness (QED) is 0.0669. The van der Waals surface area contributed by atoms with Crippen LogP contribution in [0.2, 0.25) is 0 Å². The van der Waals surface area contributed by atoms with E-state index in [2.05, 4.69) is 77.9 Å². The molecule has 7 aromatic rings. The first-order valence-electron chi connectivity index (χ1n) is 20.1. The van der Waals surface area contributed by atoms with E-state index in [4.69, 9.17) is 15.0 Å². The van der Waals surface area contributed by atoms with E-state index in [1.807, 2.05) is 72.8 Å². The second-order valence-electron chi connectivity index (χ2n) is 15.9. The van der Waals surface area contributed by atoms with E-state index in [1.165, 1.54) is 0 Å². The fraction of sp³-hybridized carbons (Fsp3) is 0.235. The van der Waals surface area contributed by atoms with Crippen molar-refractivity contribution in [1.82, 2.24) is 15.0 Å². The van der Waals surface area contributed by atoms with Gasteiger partial charge in [-0.05, 0) is 143 Å². The highest BCUT2D eigenvalue weighted by Gasteiger charge is 2.20. The minimum atomic E-state index is -1.40. The molecule has 6 N–H and O–H groups in total. The van der Waals surface area contributed by atoms with Gasteiger partial charge in [-0.15, -0.1) is 0 Å². The summed E-state index contributed by atoms with van der Waals surface area (Å²) in [7, 11) is 0. The van der Waals surface area contributed by atoms with E-state index in [0.717, 1.165) is 100 Å². The van der Waals surface area contributed by atoms with E-state index < -0.39 is 18.9 Å². The Labute approximate surface area is 351 Å². The summed E-state index contributed by atoms with van der Waals surface area (Å²) in [6.07, 6.45) is -3.70. The lowest BCUT2D eigenvalue weighted by molar-refractivity contribution is -0.0388. The van der Waals surface area contributed by atoms with Gasteiger partial charge in [0.15, 0.2) is 36.3 Å². The number of aliphatic hydroxyl groups excluding tert-OH is 3. The Balaban J connectivity index is 1.34. The van der Waals surface area contributed by atoms with E-state index in [1.54, 1.807) is 0 Å². The van der Waals surface area contributed by atoms with Crippen molar-refractivity contribution in [1.29, 1.82) is 0 Å². The third-order valence-corrected chi connectivity index (χ3v) is 11.1. The first-order valence-corrected chi connectivity index (χ1v) is 20.1. The number of aromatic nitrogens is 3. The van der Waals surface area contributed by atoms with Gasteiger partial charge in [0.2, 0.25) is 0 Å². The Bertz CT molecular complexity index is 2350. The molecule has 306 valence electrons. The number of hydrogen-bond acceptors (Lipinski definition) is 9. The molecule has 9 nitrogen and oxygen atoms in total. The Kier molecular flexibility index (Phi) is 12.5. The Morgan fingerprint density at radius 1 is 0.317 bits per heavy atom. The number of rotatable bonds is 12. The van der Waals surface area contributed by atoms with Crippen LogP contribution < -0.4 is 0 Å². The molecule has 7 rings (SSSR count). The molecule has 9 heteroatoms. The molecule has 0 radical (unpaired) electrons. The van der Waals surface area contributed by atoms with Crippen molar-refractivity contribution >= 4 is 0 Å². The van der Waals surface area contributed by atoms with Gasteiger partial charge >= 0.3 is 0 Å². The molecule has 0 aliphatic carbocycles. The molecule has 60 heavy (non-hydrogen) atoms. The van der Waals surface area contributed by atoms with Crippen LogP contribution in [-0.2, 0) is 19.3 Å². The summed E-state index contributed by atoms with van der Waals surface area (Å²) < 4.78 is 0. The summed E-state index contributed by atoms with van der Waals surface area (Å²) in [5, 5.41) is 56.7. The Morgan fingerprint density at radius 2 is 0.517 bits per heavy atom. The summed E-state index contributed by atoms with van der Waals surface area (Å²) in [6.45, 7) is 12.4. The van der Waals surface area contributed by atoms with Gasteiger partial charge in [-0.25, -0.2) is 15.0 Å². The van der Waals surface area contributed by atoms with Crippen LogP contribution in [0.25, 0.3) is 67.5 Å². The molecule has 0 saturated carbocycles. The van der Waals surface area contributed by atoms with Crippen molar-refractivity contribution in [2.24, 2.45) is 0 Å². The first-order chi connectivity index (χ1) is 28.6. The second kappa shape index (κ2) is 17.7. The highest BCUT2D eigenvalue weighted by molar-refractivity contribution is 5.80. The molecular weight excluding hydrogens is 751 g/mol. The average Bonchev–Trinajstić information content (AvgIpc) is 3.20. The minimum absolute atomic E-state index is 0.166. The van der Waals surface area contributed by atoms with Crippen LogP contribution in [-0.4, -0.2) is 64.5 Å². The monoisotopic (exact) mass is 801 g/mol. The Morgan fingerprint density at radius 3 is 0.733 bits per heavy atom.